The van der Waals surface area contributed by atoms with Gasteiger partial charge in [0, 0.05) is 25.7 Å². The summed E-state index contributed by atoms with van der Waals surface area (Å²) in [6, 6.07) is 0.557. The lowest BCUT2D eigenvalue weighted by Crippen LogP contribution is -2.39. The standard InChI is InChI=1S/C7H18N4/c1-6(2)7-5-11(4-3-8)10-9-7/h6-7,9-10H,3-5,8H2,1-2H3. The van der Waals surface area contributed by atoms with E-state index >= 15 is 0 Å². The Balaban J connectivity index is 2.23. The second-order valence-electron chi connectivity index (χ2n) is 3.34. The van der Waals surface area contributed by atoms with Crippen molar-refractivity contribution < 1.29 is 0 Å². The third kappa shape index (κ3) is 2.41. The molecule has 0 spiro atoms. The smallest absolute Gasteiger partial charge is 0.0390 e. The van der Waals surface area contributed by atoms with Crippen LogP contribution in [0.25, 0.3) is 0 Å². The summed E-state index contributed by atoms with van der Waals surface area (Å²) in [6.45, 7) is 7.10. The lowest BCUT2D eigenvalue weighted by Gasteiger charge is -2.13. The Hall–Kier alpha value is -0.160. The van der Waals surface area contributed by atoms with E-state index in [4.69, 9.17) is 5.73 Å². The molecule has 1 unspecified atom stereocenters. The first-order chi connectivity index (χ1) is 5.24. The van der Waals surface area contributed by atoms with Crippen molar-refractivity contribution in [2.45, 2.75) is 19.9 Å². The number of rotatable bonds is 3. The minimum Gasteiger partial charge on any atom is -0.329 e. The number of nitrogens with two attached hydrogens (primary N) is 1. The van der Waals surface area contributed by atoms with Crippen LogP contribution in [0, 0.1) is 5.92 Å². The highest BCUT2D eigenvalue weighted by molar-refractivity contribution is 4.76. The van der Waals surface area contributed by atoms with Gasteiger partial charge in [-0.1, -0.05) is 13.8 Å². The predicted molar refractivity (Wildman–Crippen MR) is 45.5 cm³/mol. The quantitative estimate of drug-likeness (QED) is 0.508. The van der Waals surface area contributed by atoms with Crippen molar-refractivity contribution in [2.75, 3.05) is 19.6 Å². The Bertz CT molecular complexity index is 115. The highest BCUT2D eigenvalue weighted by atomic mass is 15.7. The van der Waals surface area contributed by atoms with Gasteiger partial charge >= 0.3 is 0 Å². The molecule has 11 heavy (non-hydrogen) atoms. The first kappa shape index (κ1) is 8.93. The monoisotopic (exact) mass is 158 g/mol. The van der Waals surface area contributed by atoms with E-state index in [1.807, 2.05) is 0 Å². The predicted octanol–water partition coefficient (Wildman–Crippen LogP) is -0.705. The molecule has 0 bridgehead atoms. The van der Waals surface area contributed by atoms with Gasteiger partial charge in [0.1, 0.15) is 0 Å². The van der Waals surface area contributed by atoms with Gasteiger partial charge in [-0.2, -0.15) is 5.53 Å². The highest BCUT2D eigenvalue weighted by Crippen LogP contribution is 2.05. The van der Waals surface area contributed by atoms with Gasteiger partial charge in [-0.25, -0.2) is 10.4 Å². The molecule has 1 rings (SSSR count). The largest absolute Gasteiger partial charge is 0.329 e. The van der Waals surface area contributed by atoms with E-state index in [0.717, 1.165) is 13.1 Å². The van der Waals surface area contributed by atoms with E-state index in [1.54, 1.807) is 0 Å². The normalized spacial score (nSPS) is 26.7. The molecule has 0 aromatic carbocycles. The van der Waals surface area contributed by atoms with Crippen LogP contribution >= 0.6 is 0 Å². The zero-order chi connectivity index (χ0) is 8.27. The molecule has 0 saturated carbocycles. The number of hydrazine groups is 2. The molecule has 0 aromatic rings. The van der Waals surface area contributed by atoms with Crippen molar-refractivity contribution in [1.29, 1.82) is 0 Å². The van der Waals surface area contributed by atoms with Crippen molar-refractivity contribution in [3.8, 4) is 0 Å². The van der Waals surface area contributed by atoms with Gasteiger partial charge < -0.3 is 5.73 Å². The number of hydrogen-bond acceptors (Lipinski definition) is 4. The summed E-state index contributed by atoms with van der Waals surface area (Å²) >= 11 is 0. The van der Waals surface area contributed by atoms with Crippen LogP contribution in [0.5, 0.6) is 0 Å². The van der Waals surface area contributed by atoms with Gasteiger partial charge in [-0.05, 0) is 5.92 Å². The fraction of sp³-hybridized carbons (Fsp3) is 1.00. The highest BCUT2D eigenvalue weighted by Gasteiger charge is 2.22. The molecule has 1 aliphatic heterocycles. The van der Waals surface area contributed by atoms with Gasteiger partial charge in [-0.15, -0.1) is 0 Å². The second kappa shape index (κ2) is 4.01. The molecular weight excluding hydrogens is 140 g/mol. The summed E-state index contributed by atoms with van der Waals surface area (Å²) in [5.74, 6) is 0.672. The fourth-order valence-corrected chi connectivity index (χ4v) is 1.18. The topological polar surface area (TPSA) is 53.3 Å². The van der Waals surface area contributed by atoms with E-state index in [0.29, 0.717) is 18.5 Å². The van der Waals surface area contributed by atoms with Gasteiger partial charge in [-0.3, -0.25) is 0 Å². The summed E-state index contributed by atoms with van der Waals surface area (Å²) in [7, 11) is 0. The summed E-state index contributed by atoms with van der Waals surface area (Å²) in [6.07, 6.45) is 0. The van der Waals surface area contributed by atoms with Crippen LogP contribution in [0.2, 0.25) is 0 Å². The van der Waals surface area contributed by atoms with Gasteiger partial charge in [0.25, 0.3) is 0 Å². The molecule has 1 fully saturated rings. The maximum atomic E-state index is 5.42. The molecular formula is C7H18N4. The third-order valence-corrected chi connectivity index (χ3v) is 2.03. The zero-order valence-corrected chi connectivity index (χ0v) is 7.30. The molecule has 1 heterocycles. The van der Waals surface area contributed by atoms with Crippen molar-refractivity contribution >= 4 is 0 Å². The van der Waals surface area contributed by atoms with Crippen LogP contribution in [-0.2, 0) is 0 Å². The summed E-state index contributed by atoms with van der Waals surface area (Å²) < 4.78 is 0. The lowest BCUT2D eigenvalue weighted by atomic mass is 10.1. The van der Waals surface area contributed by atoms with Gasteiger partial charge in [0.15, 0.2) is 0 Å². The minimum atomic E-state index is 0.557. The maximum absolute atomic E-state index is 5.42. The average molecular weight is 158 g/mol. The van der Waals surface area contributed by atoms with Crippen LogP contribution in [0.1, 0.15) is 13.8 Å². The average Bonchev–Trinajstić information content (AvgIpc) is 2.37. The minimum absolute atomic E-state index is 0.557. The molecule has 4 N–H and O–H groups in total. The Morgan fingerprint density at radius 3 is 2.82 bits per heavy atom. The number of nitrogens with zero attached hydrogens (tertiary/aromatic N) is 1. The molecule has 0 aromatic heterocycles. The molecule has 4 nitrogen and oxygen atoms in total. The Labute approximate surface area is 68.1 Å². The summed E-state index contributed by atoms with van der Waals surface area (Å²) in [4.78, 5) is 0. The molecule has 0 aliphatic carbocycles. The van der Waals surface area contributed by atoms with Crippen LogP contribution in [0.15, 0.2) is 0 Å². The van der Waals surface area contributed by atoms with E-state index < -0.39 is 0 Å². The summed E-state index contributed by atoms with van der Waals surface area (Å²) in [5, 5.41) is 2.12. The Morgan fingerprint density at radius 2 is 2.36 bits per heavy atom. The SMILES string of the molecule is CC(C)C1CN(CCN)NN1. The van der Waals surface area contributed by atoms with Crippen molar-refractivity contribution in [3.05, 3.63) is 0 Å². The first-order valence-electron chi connectivity index (χ1n) is 4.20. The van der Waals surface area contributed by atoms with E-state index in [-0.39, 0.29) is 0 Å². The third-order valence-electron chi connectivity index (χ3n) is 2.03. The van der Waals surface area contributed by atoms with Crippen LogP contribution in [0.3, 0.4) is 0 Å². The van der Waals surface area contributed by atoms with E-state index in [2.05, 4.69) is 29.8 Å². The number of hydrogen-bond donors (Lipinski definition) is 3. The molecule has 0 amide bonds. The second-order valence-corrected chi connectivity index (χ2v) is 3.34. The Morgan fingerprint density at radius 1 is 1.64 bits per heavy atom. The molecule has 0 radical (unpaired) electrons. The van der Waals surface area contributed by atoms with Crippen LogP contribution in [-0.4, -0.2) is 30.7 Å². The summed E-state index contributed by atoms with van der Waals surface area (Å²) in [5.41, 5.74) is 11.7. The fourth-order valence-electron chi connectivity index (χ4n) is 1.18. The number of nitrogens with one attached hydrogen (secondary N) is 2. The molecule has 1 saturated heterocycles. The zero-order valence-electron chi connectivity index (χ0n) is 7.30. The van der Waals surface area contributed by atoms with Crippen LogP contribution in [0.4, 0.5) is 0 Å². The van der Waals surface area contributed by atoms with E-state index in [9.17, 15) is 0 Å². The van der Waals surface area contributed by atoms with Crippen LogP contribution < -0.4 is 16.7 Å². The molecule has 66 valence electrons. The van der Waals surface area contributed by atoms with Crippen molar-refractivity contribution in [1.82, 2.24) is 16.0 Å². The molecule has 1 aliphatic rings. The Kier molecular flexibility index (Phi) is 3.26. The maximum Gasteiger partial charge on any atom is 0.0390 e. The first-order valence-corrected chi connectivity index (χ1v) is 4.20. The van der Waals surface area contributed by atoms with Crippen molar-refractivity contribution in [3.63, 3.8) is 0 Å². The van der Waals surface area contributed by atoms with Gasteiger partial charge in [0.05, 0.1) is 0 Å². The van der Waals surface area contributed by atoms with E-state index in [1.165, 1.54) is 0 Å². The lowest BCUT2D eigenvalue weighted by molar-refractivity contribution is 0.240. The van der Waals surface area contributed by atoms with Crippen molar-refractivity contribution in [2.24, 2.45) is 11.7 Å². The molecule has 4 heteroatoms. The molecule has 1 atom stereocenters. The van der Waals surface area contributed by atoms with Gasteiger partial charge in [0.2, 0.25) is 0 Å².